The van der Waals surface area contributed by atoms with Gasteiger partial charge in [0.1, 0.15) is 13.2 Å². The van der Waals surface area contributed by atoms with Gasteiger partial charge in [-0.15, -0.1) is 0 Å². The minimum absolute atomic E-state index is 0.0839. The lowest BCUT2D eigenvalue weighted by atomic mass is 10.0. The maximum absolute atomic E-state index is 12.8. The summed E-state index contributed by atoms with van der Waals surface area (Å²) >= 11 is 0. The first-order valence-electron chi connectivity index (χ1n) is 27.8. The summed E-state index contributed by atoms with van der Waals surface area (Å²) in [6, 6.07) is 0. The molecule has 0 saturated heterocycles. The second kappa shape index (κ2) is 53.7. The van der Waals surface area contributed by atoms with Crippen molar-refractivity contribution >= 4 is 17.9 Å². The van der Waals surface area contributed by atoms with E-state index in [4.69, 9.17) is 14.2 Å². The number of carbonyl (C=O) groups is 3. The second-order valence-electron chi connectivity index (χ2n) is 18.5. The molecule has 0 rings (SSSR count). The quantitative estimate of drug-likeness (QED) is 0.0262. The Morgan fingerprint density at radius 1 is 0.308 bits per heavy atom. The Labute approximate surface area is 402 Å². The van der Waals surface area contributed by atoms with Gasteiger partial charge in [0, 0.05) is 19.3 Å². The van der Waals surface area contributed by atoms with Crippen molar-refractivity contribution < 1.29 is 28.6 Å². The summed E-state index contributed by atoms with van der Waals surface area (Å²) < 4.78 is 16.8. The molecule has 6 heteroatoms. The van der Waals surface area contributed by atoms with Crippen LogP contribution in [0.3, 0.4) is 0 Å². The number of unbranched alkanes of at least 4 members (excludes halogenated alkanes) is 29. The van der Waals surface area contributed by atoms with Gasteiger partial charge in [-0.1, -0.05) is 229 Å². The van der Waals surface area contributed by atoms with Crippen LogP contribution in [0.4, 0.5) is 0 Å². The van der Waals surface area contributed by atoms with Crippen LogP contribution in [0.25, 0.3) is 0 Å². The van der Waals surface area contributed by atoms with E-state index in [1.807, 2.05) is 0 Å². The van der Waals surface area contributed by atoms with Crippen molar-refractivity contribution in [2.75, 3.05) is 13.2 Å². The van der Waals surface area contributed by atoms with Gasteiger partial charge in [0.25, 0.3) is 0 Å². The zero-order valence-corrected chi connectivity index (χ0v) is 43.0. The van der Waals surface area contributed by atoms with E-state index < -0.39 is 6.10 Å². The summed E-state index contributed by atoms with van der Waals surface area (Å²) in [6.45, 7) is 6.58. The summed E-state index contributed by atoms with van der Waals surface area (Å²) in [5, 5.41) is 0. The SMILES string of the molecule is CCCCC/C=C/C/C=C/C/C=C/C/C=C/CCCCCC(=O)OC[C@@H](COC(=O)CCCCCCCCCCCCCCC)OC(=O)CCCCCCCCC/C=C/CCCCCC. The smallest absolute Gasteiger partial charge is 0.306 e. The van der Waals surface area contributed by atoms with Gasteiger partial charge in [0.2, 0.25) is 0 Å². The molecule has 0 amide bonds. The van der Waals surface area contributed by atoms with E-state index in [0.29, 0.717) is 19.3 Å². The van der Waals surface area contributed by atoms with Crippen molar-refractivity contribution in [3.63, 3.8) is 0 Å². The molecule has 0 aromatic heterocycles. The molecule has 0 aliphatic heterocycles. The van der Waals surface area contributed by atoms with Crippen LogP contribution in [0.5, 0.6) is 0 Å². The zero-order chi connectivity index (χ0) is 47.2. The Morgan fingerprint density at radius 2 is 0.554 bits per heavy atom. The molecule has 0 heterocycles. The summed E-state index contributed by atoms with van der Waals surface area (Å²) in [5.41, 5.74) is 0. The minimum atomic E-state index is -0.787. The van der Waals surface area contributed by atoms with E-state index >= 15 is 0 Å². The van der Waals surface area contributed by atoms with Crippen molar-refractivity contribution in [3.05, 3.63) is 60.8 Å². The van der Waals surface area contributed by atoms with E-state index in [1.54, 1.807) is 0 Å². The summed E-state index contributed by atoms with van der Waals surface area (Å²) in [6.07, 6.45) is 66.3. The molecule has 6 nitrogen and oxygen atoms in total. The van der Waals surface area contributed by atoms with Crippen LogP contribution < -0.4 is 0 Å². The number of hydrogen-bond acceptors (Lipinski definition) is 6. The molecule has 0 bridgehead atoms. The first kappa shape index (κ1) is 62.1. The largest absolute Gasteiger partial charge is 0.462 e. The number of ether oxygens (including phenoxy) is 3. The highest BCUT2D eigenvalue weighted by Gasteiger charge is 2.19. The molecule has 0 aromatic rings. The van der Waals surface area contributed by atoms with E-state index in [-0.39, 0.29) is 31.1 Å². The molecule has 0 N–H and O–H groups in total. The second-order valence-corrected chi connectivity index (χ2v) is 18.5. The van der Waals surface area contributed by atoms with Crippen molar-refractivity contribution in [1.29, 1.82) is 0 Å². The molecule has 376 valence electrons. The van der Waals surface area contributed by atoms with Crippen LogP contribution in [0.15, 0.2) is 60.8 Å². The molecule has 0 radical (unpaired) electrons. The van der Waals surface area contributed by atoms with E-state index in [9.17, 15) is 14.4 Å². The van der Waals surface area contributed by atoms with Crippen LogP contribution >= 0.6 is 0 Å². The molecule has 0 aromatic carbocycles. The Balaban J connectivity index is 4.42. The van der Waals surface area contributed by atoms with Crippen LogP contribution in [-0.4, -0.2) is 37.2 Å². The first-order valence-corrected chi connectivity index (χ1v) is 27.8. The average Bonchev–Trinajstić information content (AvgIpc) is 3.30. The van der Waals surface area contributed by atoms with Gasteiger partial charge in [-0.25, -0.2) is 0 Å². The fourth-order valence-electron chi connectivity index (χ4n) is 7.77. The van der Waals surface area contributed by atoms with Gasteiger partial charge < -0.3 is 14.2 Å². The summed E-state index contributed by atoms with van der Waals surface area (Å²) in [7, 11) is 0. The maximum atomic E-state index is 12.8. The van der Waals surface area contributed by atoms with Crippen LogP contribution in [0, 0.1) is 0 Å². The lowest BCUT2D eigenvalue weighted by Crippen LogP contribution is -2.30. The highest BCUT2D eigenvalue weighted by molar-refractivity contribution is 5.71. The molecule has 1 atom stereocenters. The standard InChI is InChI=1S/C59H104O6/c1-4-7-10-13-16-19-22-25-27-28-29-30-32-34-37-40-43-46-49-52-58(61)64-55-56(54-63-57(60)51-48-45-42-39-36-33-24-21-18-15-12-9-6-3)65-59(62)53-50-47-44-41-38-35-31-26-23-20-17-14-11-8-5-2/h16,19-20,23,25,27,29-30,34,37,56H,4-15,17-18,21-22,24,26,28,31-33,35-36,38-55H2,1-3H3/b19-16+,23-20+,27-25+,30-29+,37-34+/t56-/m1/s1. The molecule has 0 aliphatic rings. The summed E-state index contributed by atoms with van der Waals surface area (Å²) in [5.74, 6) is -0.912. The fraction of sp³-hybridized carbons (Fsp3) is 0.780. The zero-order valence-electron chi connectivity index (χ0n) is 43.0. The van der Waals surface area contributed by atoms with Gasteiger partial charge in [0.15, 0.2) is 6.10 Å². The van der Waals surface area contributed by atoms with Gasteiger partial charge in [-0.3, -0.25) is 14.4 Å². The third-order valence-electron chi connectivity index (χ3n) is 12.0. The van der Waals surface area contributed by atoms with Crippen molar-refractivity contribution in [1.82, 2.24) is 0 Å². The van der Waals surface area contributed by atoms with Crippen LogP contribution in [0.2, 0.25) is 0 Å². The van der Waals surface area contributed by atoms with Crippen molar-refractivity contribution in [2.45, 2.75) is 284 Å². The Bertz CT molecular complexity index is 1180. The number of rotatable bonds is 50. The average molecular weight is 909 g/mol. The lowest BCUT2D eigenvalue weighted by molar-refractivity contribution is -0.167. The third kappa shape index (κ3) is 51.9. The molecule has 0 fully saturated rings. The third-order valence-corrected chi connectivity index (χ3v) is 12.0. The van der Waals surface area contributed by atoms with Crippen molar-refractivity contribution in [2.24, 2.45) is 0 Å². The van der Waals surface area contributed by atoms with Gasteiger partial charge in [-0.05, 0) is 89.9 Å². The van der Waals surface area contributed by atoms with E-state index in [0.717, 1.165) is 83.5 Å². The van der Waals surface area contributed by atoms with Crippen LogP contribution in [-0.2, 0) is 28.6 Å². The topological polar surface area (TPSA) is 78.9 Å². The van der Waals surface area contributed by atoms with E-state index in [1.165, 1.54) is 154 Å². The summed E-state index contributed by atoms with van der Waals surface area (Å²) in [4.78, 5) is 38.1. The predicted octanol–water partition coefficient (Wildman–Crippen LogP) is 18.4. The van der Waals surface area contributed by atoms with Crippen LogP contribution in [0.1, 0.15) is 278 Å². The first-order chi connectivity index (χ1) is 32.0. The number of carbonyl (C=O) groups excluding carboxylic acids is 3. The molecular formula is C59H104O6. The Kier molecular flexibility index (Phi) is 51.3. The van der Waals surface area contributed by atoms with Crippen molar-refractivity contribution in [3.8, 4) is 0 Å². The maximum Gasteiger partial charge on any atom is 0.306 e. The highest BCUT2D eigenvalue weighted by Crippen LogP contribution is 2.15. The number of esters is 3. The molecule has 65 heavy (non-hydrogen) atoms. The molecule has 0 aliphatic carbocycles. The molecule has 0 spiro atoms. The minimum Gasteiger partial charge on any atom is -0.462 e. The fourth-order valence-corrected chi connectivity index (χ4v) is 7.77. The predicted molar refractivity (Wildman–Crippen MR) is 279 cm³/mol. The number of hydrogen-bond donors (Lipinski definition) is 0. The van der Waals surface area contributed by atoms with Gasteiger partial charge in [-0.2, -0.15) is 0 Å². The van der Waals surface area contributed by atoms with Gasteiger partial charge >= 0.3 is 17.9 Å². The normalized spacial score (nSPS) is 12.5. The molecule has 0 unspecified atom stereocenters. The Morgan fingerprint density at radius 3 is 0.938 bits per heavy atom. The number of allylic oxidation sites excluding steroid dienone is 10. The monoisotopic (exact) mass is 909 g/mol. The Hall–Kier alpha value is -2.89. The molecule has 0 saturated carbocycles. The molecular weight excluding hydrogens is 805 g/mol. The lowest BCUT2D eigenvalue weighted by Gasteiger charge is -2.18. The van der Waals surface area contributed by atoms with Gasteiger partial charge in [0.05, 0.1) is 0 Å². The highest BCUT2D eigenvalue weighted by atomic mass is 16.6. The van der Waals surface area contributed by atoms with E-state index in [2.05, 4.69) is 81.5 Å².